The summed E-state index contributed by atoms with van der Waals surface area (Å²) < 4.78 is 5.66. The zero-order valence-corrected chi connectivity index (χ0v) is 14.1. The van der Waals surface area contributed by atoms with Crippen LogP contribution in [0.15, 0.2) is 51.6 Å². The van der Waals surface area contributed by atoms with Crippen LogP contribution in [-0.2, 0) is 4.79 Å². The van der Waals surface area contributed by atoms with Gasteiger partial charge in [0.2, 0.25) is 5.91 Å². The minimum atomic E-state index is -0.389. The average Bonchev–Trinajstić information content (AvgIpc) is 3.22. The number of furan rings is 1. The van der Waals surface area contributed by atoms with E-state index in [9.17, 15) is 9.59 Å². The highest BCUT2D eigenvalue weighted by molar-refractivity contribution is 9.10. The van der Waals surface area contributed by atoms with Gasteiger partial charge in [-0.25, -0.2) is 0 Å². The van der Waals surface area contributed by atoms with Crippen molar-refractivity contribution in [1.29, 1.82) is 0 Å². The van der Waals surface area contributed by atoms with E-state index < -0.39 is 0 Å². The fourth-order valence-electron chi connectivity index (χ4n) is 2.87. The molecular formula is C17H17BrN2O3. The van der Waals surface area contributed by atoms with Gasteiger partial charge < -0.3 is 14.6 Å². The van der Waals surface area contributed by atoms with Gasteiger partial charge in [0.1, 0.15) is 0 Å². The summed E-state index contributed by atoms with van der Waals surface area (Å²) in [4.78, 5) is 26.2. The molecule has 23 heavy (non-hydrogen) atoms. The Bertz CT molecular complexity index is 699. The smallest absolute Gasteiger partial charge is 0.287 e. The van der Waals surface area contributed by atoms with Crippen LogP contribution in [0.25, 0.3) is 0 Å². The monoisotopic (exact) mass is 376 g/mol. The van der Waals surface area contributed by atoms with Crippen molar-refractivity contribution in [2.24, 2.45) is 0 Å². The summed E-state index contributed by atoms with van der Waals surface area (Å²) in [6, 6.07) is 13.3. The summed E-state index contributed by atoms with van der Waals surface area (Å²) >= 11 is 3.15. The normalized spacial score (nSPS) is 17.3. The van der Waals surface area contributed by atoms with Crippen molar-refractivity contribution in [3.8, 4) is 0 Å². The van der Waals surface area contributed by atoms with Crippen LogP contribution in [0.4, 0.5) is 0 Å². The SMILES string of the molecule is O=C(NCC(=O)N1CCCC1c1ccccc1)c1ccc(Br)o1. The third-order valence-electron chi connectivity index (χ3n) is 3.95. The van der Waals surface area contributed by atoms with Crippen LogP contribution in [0.2, 0.25) is 0 Å². The maximum Gasteiger partial charge on any atom is 0.287 e. The van der Waals surface area contributed by atoms with Crippen molar-refractivity contribution in [1.82, 2.24) is 10.2 Å². The van der Waals surface area contributed by atoms with Crippen LogP contribution in [0.5, 0.6) is 0 Å². The third kappa shape index (κ3) is 3.64. The second-order valence-corrected chi connectivity index (χ2v) is 6.22. The van der Waals surface area contributed by atoms with E-state index in [1.165, 1.54) is 0 Å². The van der Waals surface area contributed by atoms with E-state index in [0.29, 0.717) is 4.67 Å². The second-order valence-electron chi connectivity index (χ2n) is 5.44. The largest absolute Gasteiger partial charge is 0.444 e. The third-order valence-corrected chi connectivity index (χ3v) is 4.38. The van der Waals surface area contributed by atoms with Crippen molar-refractivity contribution >= 4 is 27.7 Å². The molecule has 5 nitrogen and oxygen atoms in total. The number of carbonyl (C=O) groups excluding carboxylic acids is 2. The molecule has 1 unspecified atom stereocenters. The highest BCUT2D eigenvalue weighted by atomic mass is 79.9. The number of amides is 2. The van der Waals surface area contributed by atoms with E-state index in [-0.39, 0.29) is 30.2 Å². The fraction of sp³-hybridized carbons (Fsp3) is 0.294. The molecule has 2 amide bonds. The highest BCUT2D eigenvalue weighted by Gasteiger charge is 2.29. The number of nitrogens with one attached hydrogen (secondary N) is 1. The second kappa shape index (κ2) is 7.00. The van der Waals surface area contributed by atoms with Gasteiger partial charge in [-0.3, -0.25) is 9.59 Å². The topological polar surface area (TPSA) is 62.6 Å². The lowest BCUT2D eigenvalue weighted by atomic mass is 10.0. The number of halogens is 1. The molecule has 0 aliphatic carbocycles. The first-order chi connectivity index (χ1) is 11.1. The van der Waals surface area contributed by atoms with Crippen LogP contribution in [0.3, 0.4) is 0 Å². The Balaban J connectivity index is 1.60. The number of carbonyl (C=O) groups is 2. The molecule has 1 aromatic carbocycles. The molecule has 6 heteroatoms. The quantitative estimate of drug-likeness (QED) is 0.891. The molecule has 1 fully saturated rings. The van der Waals surface area contributed by atoms with E-state index in [2.05, 4.69) is 21.2 Å². The van der Waals surface area contributed by atoms with Gasteiger partial charge in [0, 0.05) is 6.54 Å². The van der Waals surface area contributed by atoms with Gasteiger partial charge in [0.25, 0.3) is 5.91 Å². The number of hydrogen-bond donors (Lipinski definition) is 1. The molecule has 2 heterocycles. The molecule has 120 valence electrons. The summed E-state index contributed by atoms with van der Waals surface area (Å²) in [7, 11) is 0. The Morgan fingerprint density at radius 2 is 2.00 bits per heavy atom. The predicted octanol–water partition coefficient (Wildman–Crippen LogP) is 3.14. The first-order valence-electron chi connectivity index (χ1n) is 7.53. The lowest BCUT2D eigenvalue weighted by Crippen LogP contribution is -2.39. The number of benzene rings is 1. The van der Waals surface area contributed by atoms with Crippen LogP contribution in [0.1, 0.15) is 35.0 Å². The molecule has 1 atom stereocenters. The zero-order valence-electron chi connectivity index (χ0n) is 12.5. The van der Waals surface area contributed by atoms with Crippen molar-refractivity contribution < 1.29 is 14.0 Å². The Morgan fingerprint density at radius 1 is 1.22 bits per heavy atom. The van der Waals surface area contributed by atoms with Crippen LogP contribution in [0, 0.1) is 0 Å². The summed E-state index contributed by atoms with van der Waals surface area (Å²) in [5.41, 5.74) is 1.14. The van der Waals surface area contributed by atoms with Crippen molar-refractivity contribution in [2.75, 3.05) is 13.1 Å². The fourth-order valence-corrected chi connectivity index (χ4v) is 3.17. The van der Waals surface area contributed by atoms with E-state index in [1.807, 2.05) is 35.2 Å². The molecule has 0 radical (unpaired) electrons. The van der Waals surface area contributed by atoms with Crippen LogP contribution in [-0.4, -0.2) is 29.8 Å². The number of nitrogens with zero attached hydrogens (tertiary/aromatic N) is 1. The Morgan fingerprint density at radius 3 is 2.70 bits per heavy atom. The molecule has 0 spiro atoms. The first-order valence-corrected chi connectivity index (χ1v) is 8.32. The number of rotatable bonds is 4. The number of hydrogen-bond acceptors (Lipinski definition) is 3. The van der Waals surface area contributed by atoms with Gasteiger partial charge in [0.05, 0.1) is 12.6 Å². The molecule has 0 bridgehead atoms. The van der Waals surface area contributed by atoms with E-state index in [1.54, 1.807) is 12.1 Å². The molecule has 2 aromatic rings. The Kier molecular flexibility index (Phi) is 4.81. The summed E-state index contributed by atoms with van der Waals surface area (Å²) in [6.45, 7) is 0.695. The van der Waals surface area contributed by atoms with E-state index in [0.717, 1.165) is 24.9 Å². The first kappa shape index (κ1) is 15.8. The van der Waals surface area contributed by atoms with E-state index >= 15 is 0 Å². The van der Waals surface area contributed by atoms with Crippen molar-refractivity contribution in [3.63, 3.8) is 0 Å². The molecule has 1 saturated heterocycles. The Labute approximate surface area is 142 Å². The minimum Gasteiger partial charge on any atom is -0.444 e. The molecule has 3 rings (SSSR count). The summed E-state index contributed by atoms with van der Waals surface area (Å²) in [5.74, 6) is -0.277. The molecule has 1 aromatic heterocycles. The maximum atomic E-state index is 12.4. The standard InChI is InChI=1S/C17H17BrN2O3/c18-15-9-8-14(23-15)17(22)19-11-16(21)20-10-4-7-13(20)12-5-2-1-3-6-12/h1-3,5-6,8-9,13H,4,7,10-11H2,(H,19,22). The van der Waals surface area contributed by atoms with Gasteiger partial charge in [-0.2, -0.15) is 0 Å². The van der Waals surface area contributed by atoms with Gasteiger partial charge in [0.15, 0.2) is 10.4 Å². The van der Waals surface area contributed by atoms with E-state index in [4.69, 9.17) is 4.42 Å². The zero-order chi connectivity index (χ0) is 16.2. The highest BCUT2D eigenvalue weighted by Crippen LogP contribution is 2.31. The Hall–Kier alpha value is -2.08. The van der Waals surface area contributed by atoms with Crippen LogP contribution >= 0.6 is 15.9 Å². The van der Waals surface area contributed by atoms with Crippen LogP contribution < -0.4 is 5.32 Å². The lowest BCUT2D eigenvalue weighted by molar-refractivity contribution is -0.131. The lowest BCUT2D eigenvalue weighted by Gasteiger charge is -2.25. The van der Waals surface area contributed by atoms with Gasteiger partial charge in [-0.1, -0.05) is 30.3 Å². The van der Waals surface area contributed by atoms with Crippen molar-refractivity contribution in [2.45, 2.75) is 18.9 Å². The van der Waals surface area contributed by atoms with Gasteiger partial charge in [-0.15, -0.1) is 0 Å². The predicted molar refractivity (Wildman–Crippen MR) is 88.9 cm³/mol. The summed E-state index contributed by atoms with van der Waals surface area (Å²) in [6.07, 6.45) is 1.93. The maximum absolute atomic E-state index is 12.4. The van der Waals surface area contributed by atoms with Crippen molar-refractivity contribution in [3.05, 3.63) is 58.5 Å². The average molecular weight is 377 g/mol. The van der Waals surface area contributed by atoms with Gasteiger partial charge in [-0.05, 0) is 46.5 Å². The summed E-state index contributed by atoms with van der Waals surface area (Å²) in [5, 5.41) is 2.62. The van der Waals surface area contributed by atoms with Gasteiger partial charge >= 0.3 is 0 Å². The molecule has 1 N–H and O–H groups in total. The minimum absolute atomic E-state index is 0.0273. The molecule has 1 aliphatic rings. The molecular weight excluding hydrogens is 360 g/mol. The molecule has 1 aliphatic heterocycles. The molecule has 0 saturated carbocycles. The number of likely N-dealkylation sites (tertiary alicyclic amines) is 1.